The topological polar surface area (TPSA) is 81.5 Å². The number of halogens is 1. The Kier molecular flexibility index (Phi) is 6.41. The number of aromatic nitrogens is 3. The van der Waals surface area contributed by atoms with Crippen LogP contribution in [-0.2, 0) is 13.1 Å². The molecule has 1 N–H and O–H groups in total. The standard InChI is InChI=1S/C19H25N5O3.ClH/c1-26-14-3-4-15(16(11-14)27-2)19(25)23-8-5-13(6-9-23)18-22-21-17-12-20-7-10-24(17)18;/h3-4,11,13,20H,5-10,12H2,1-2H3;1H. The van der Waals surface area contributed by atoms with Crippen LogP contribution in [-0.4, -0.2) is 59.4 Å². The number of carbonyl (C=O) groups excluding carboxylic acids is 1. The van der Waals surface area contributed by atoms with Gasteiger partial charge in [0.1, 0.15) is 23.1 Å². The highest BCUT2D eigenvalue weighted by atomic mass is 35.5. The van der Waals surface area contributed by atoms with Crippen LogP contribution >= 0.6 is 12.4 Å². The summed E-state index contributed by atoms with van der Waals surface area (Å²) in [4.78, 5) is 14.9. The van der Waals surface area contributed by atoms with Gasteiger partial charge >= 0.3 is 0 Å². The van der Waals surface area contributed by atoms with Crippen LogP contribution in [0.3, 0.4) is 0 Å². The molecule has 2 aliphatic heterocycles. The average molecular weight is 408 g/mol. The van der Waals surface area contributed by atoms with Crippen LogP contribution < -0.4 is 14.8 Å². The number of likely N-dealkylation sites (tertiary alicyclic amines) is 1. The van der Waals surface area contributed by atoms with Crippen molar-refractivity contribution in [3.05, 3.63) is 35.4 Å². The minimum Gasteiger partial charge on any atom is -0.497 e. The number of fused-ring (bicyclic) bond motifs is 1. The Bertz CT molecular complexity index is 833. The van der Waals surface area contributed by atoms with Crippen LogP contribution in [0, 0.1) is 0 Å². The van der Waals surface area contributed by atoms with Gasteiger partial charge in [0.05, 0.1) is 26.3 Å². The molecule has 0 aliphatic carbocycles. The third-order valence-electron chi connectivity index (χ3n) is 5.44. The molecule has 1 aromatic heterocycles. The van der Waals surface area contributed by atoms with Crippen molar-refractivity contribution in [3.8, 4) is 11.5 Å². The lowest BCUT2D eigenvalue weighted by atomic mass is 9.95. The zero-order valence-electron chi connectivity index (χ0n) is 16.2. The molecule has 0 unspecified atom stereocenters. The van der Waals surface area contributed by atoms with E-state index in [9.17, 15) is 4.79 Å². The maximum atomic E-state index is 13.0. The van der Waals surface area contributed by atoms with Crippen LogP contribution in [0.15, 0.2) is 18.2 Å². The van der Waals surface area contributed by atoms with E-state index >= 15 is 0 Å². The van der Waals surface area contributed by atoms with Gasteiger partial charge in [-0.05, 0) is 25.0 Å². The number of rotatable bonds is 4. The molecule has 28 heavy (non-hydrogen) atoms. The van der Waals surface area contributed by atoms with Crippen molar-refractivity contribution in [3.63, 3.8) is 0 Å². The smallest absolute Gasteiger partial charge is 0.257 e. The van der Waals surface area contributed by atoms with Crippen LogP contribution in [0.1, 0.15) is 40.8 Å². The summed E-state index contributed by atoms with van der Waals surface area (Å²) in [6.07, 6.45) is 1.80. The third-order valence-corrected chi connectivity index (χ3v) is 5.44. The predicted octanol–water partition coefficient (Wildman–Crippen LogP) is 1.84. The van der Waals surface area contributed by atoms with Gasteiger partial charge in [-0.25, -0.2) is 0 Å². The number of methoxy groups -OCH3 is 2. The summed E-state index contributed by atoms with van der Waals surface area (Å²) in [6, 6.07) is 5.31. The lowest BCUT2D eigenvalue weighted by Crippen LogP contribution is -2.39. The molecule has 0 spiro atoms. The monoisotopic (exact) mass is 407 g/mol. The number of piperidine rings is 1. The molecule has 2 aromatic rings. The van der Waals surface area contributed by atoms with Crippen molar-refractivity contribution < 1.29 is 14.3 Å². The number of hydrogen-bond donors (Lipinski definition) is 1. The highest BCUT2D eigenvalue weighted by Crippen LogP contribution is 2.31. The Morgan fingerprint density at radius 3 is 2.64 bits per heavy atom. The maximum Gasteiger partial charge on any atom is 0.257 e. The Morgan fingerprint density at radius 2 is 1.93 bits per heavy atom. The molecule has 9 heteroatoms. The largest absolute Gasteiger partial charge is 0.497 e. The van der Waals surface area contributed by atoms with Gasteiger partial charge in [0.25, 0.3) is 5.91 Å². The van der Waals surface area contributed by atoms with Gasteiger partial charge in [-0.15, -0.1) is 22.6 Å². The van der Waals surface area contributed by atoms with Gasteiger partial charge in [-0.2, -0.15) is 0 Å². The lowest BCUT2D eigenvalue weighted by Gasteiger charge is -2.32. The van der Waals surface area contributed by atoms with E-state index in [1.165, 1.54) is 0 Å². The zero-order chi connectivity index (χ0) is 18.8. The van der Waals surface area contributed by atoms with Gasteiger partial charge in [0.15, 0.2) is 0 Å². The van der Waals surface area contributed by atoms with Crippen molar-refractivity contribution in [2.24, 2.45) is 0 Å². The third kappa shape index (κ3) is 3.79. The van der Waals surface area contributed by atoms with E-state index in [0.717, 1.165) is 44.1 Å². The fraction of sp³-hybridized carbons (Fsp3) is 0.526. The molecule has 4 rings (SSSR count). The highest BCUT2D eigenvalue weighted by Gasteiger charge is 2.30. The lowest BCUT2D eigenvalue weighted by molar-refractivity contribution is 0.0706. The highest BCUT2D eigenvalue weighted by molar-refractivity contribution is 5.97. The van der Waals surface area contributed by atoms with Crippen molar-refractivity contribution in [2.45, 2.75) is 31.8 Å². The summed E-state index contributed by atoms with van der Waals surface area (Å²) in [5.41, 5.74) is 0.572. The molecule has 1 amide bonds. The summed E-state index contributed by atoms with van der Waals surface area (Å²) in [5.74, 6) is 3.65. The van der Waals surface area contributed by atoms with Crippen LogP contribution in [0.4, 0.5) is 0 Å². The first-order valence-electron chi connectivity index (χ1n) is 9.35. The molecule has 0 radical (unpaired) electrons. The van der Waals surface area contributed by atoms with Gasteiger partial charge < -0.3 is 24.3 Å². The maximum absolute atomic E-state index is 13.0. The Balaban J connectivity index is 0.00000225. The van der Waals surface area contributed by atoms with Gasteiger partial charge in [0, 0.05) is 38.2 Å². The van der Waals surface area contributed by atoms with E-state index in [1.54, 1.807) is 32.4 Å². The number of amides is 1. The first kappa shape index (κ1) is 20.4. The predicted molar refractivity (Wildman–Crippen MR) is 106 cm³/mol. The zero-order valence-corrected chi connectivity index (χ0v) is 17.0. The van der Waals surface area contributed by atoms with Crippen molar-refractivity contribution in [2.75, 3.05) is 33.9 Å². The van der Waals surface area contributed by atoms with E-state index in [2.05, 4.69) is 20.1 Å². The van der Waals surface area contributed by atoms with E-state index < -0.39 is 0 Å². The minimum absolute atomic E-state index is 0. The molecule has 8 nitrogen and oxygen atoms in total. The fourth-order valence-corrected chi connectivity index (χ4v) is 3.90. The molecule has 1 saturated heterocycles. The average Bonchev–Trinajstić information content (AvgIpc) is 3.17. The molecular formula is C19H26ClN5O3. The second-order valence-corrected chi connectivity index (χ2v) is 6.94. The molecule has 3 heterocycles. The van der Waals surface area contributed by atoms with Crippen molar-refractivity contribution >= 4 is 18.3 Å². The molecular weight excluding hydrogens is 382 g/mol. The second-order valence-electron chi connectivity index (χ2n) is 6.94. The summed E-state index contributed by atoms with van der Waals surface area (Å²) < 4.78 is 12.8. The summed E-state index contributed by atoms with van der Waals surface area (Å²) in [6.45, 7) is 4.06. The van der Waals surface area contributed by atoms with Gasteiger partial charge in [0.2, 0.25) is 0 Å². The Labute approximate surface area is 170 Å². The van der Waals surface area contributed by atoms with Crippen LogP contribution in [0.5, 0.6) is 11.5 Å². The van der Waals surface area contributed by atoms with Gasteiger partial charge in [-0.1, -0.05) is 0 Å². The van der Waals surface area contributed by atoms with E-state index in [-0.39, 0.29) is 18.3 Å². The molecule has 0 atom stereocenters. The quantitative estimate of drug-likeness (QED) is 0.832. The summed E-state index contributed by atoms with van der Waals surface area (Å²) >= 11 is 0. The van der Waals surface area contributed by atoms with Crippen LogP contribution in [0.2, 0.25) is 0 Å². The summed E-state index contributed by atoms with van der Waals surface area (Å²) in [7, 11) is 3.17. The fourth-order valence-electron chi connectivity index (χ4n) is 3.90. The van der Waals surface area contributed by atoms with Crippen LogP contribution in [0.25, 0.3) is 0 Å². The number of hydrogen-bond acceptors (Lipinski definition) is 6. The van der Waals surface area contributed by atoms with E-state index in [0.29, 0.717) is 36.1 Å². The molecule has 2 aliphatic rings. The molecule has 1 fully saturated rings. The molecule has 0 saturated carbocycles. The molecule has 0 bridgehead atoms. The Hall–Kier alpha value is -2.32. The number of nitrogens with one attached hydrogen (secondary N) is 1. The Morgan fingerprint density at radius 1 is 1.14 bits per heavy atom. The SMILES string of the molecule is COc1ccc(C(=O)N2CCC(c3nnc4n3CCNC4)CC2)c(OC)c1.Cl. The van der Waals surface area contributed by atoms with Gasteiger partial charge in [-0.3, -0.25) is 4.79 Å². The second kappa shape index (κ2) is 8.79. The first-order chi connectivity index (χ1) is 13.2. The number of ether oxygens (including phenoxy) is 2. The summed E-state index contributed by atoms with van der Waals surface area (Å²) in [5, 5.41) is 12.1. The van der Waals surface area contributed by atoms with Crippen molar-refractivity contribution in [1.82, 2.24) is 25.0 Å². The van der Waals surface area contributed by atoms with E-state index in [4.69, 9.17) is 9.47 Å². The van der Waals surface area contributed by atoms with E-state index in [1.807, 2.05) is 4.90 Å². The molecule has 1 aromatic carbocycles. The normalized spacial score (nSPS) is 16.9. The minimum atomic E-state index is 0. The molecule has 152 valence electrons. The first-order valence-corrected chi connectivity index (χ1v) is 9.35. The number of nitrogens with zero attached hydrogens (tertiary/aromatic N) is 4. The number of carbonyl (C=O) groups is 1. The number of benzene rings is 1. The van der Waals surface area contributed by atoms with Crippen molar-refractivity contribution in [1.29, 1.82) is 0 Å².